The summed E-state index contributed by atoms with van der Waals surface area (Å²) in [7, 11) is 12.4. The van der Waals surface area contributed by atoms with E-state index in [9.17, 15) is 0 Å². The number of nitrogens with zero attached hydrogens (tertiary/aromatic N) is 6. The van der Waals surface area contributed by atoms with Gasteiger partial charge in [-0.05, 0) is 65.3 Å². The first kappa shape index (κ1) is 27.7. The molecule has 0 bridgehead atoms. The fraction of sp³-hybridized carbons (Fsp3) is 0.375. The van der Waals surface area contributed by atoms with Crippen LogP contribution >= 0.6 is 0 Å². The Kier molecular flexibility index (Phi) is 8.38. The highest BCUT2D eigenvalue weighted by atomic mass is 16.5. The highest BCUT2D eigenvalue weighted by Crippen LogP contribution is 2.30. The van der Waals surface area contributed by atoms with E-state index in [1.165, 1.54) is 0 Å². The van der Waals surface area contributed by atoms with E-state index in [1.807, 2.05) is 24.3 Å². The minimum absolute atomic E-state index is 0.693. The molecule has 0 amide bonds. The number of imidazole rings is 2. The van der Waals surface area contributed by atoms with Crippen molar-refractivity contribution >= 4 is 22.1 Å². The zero-order valence-electron chi connectivity index (χ0n) is 24.5. The smallest absolute Gasteiger partial charge is 0.140 e. The Labute approximate surface area is 236 Å². The largest absolute Gasteiger partial charge is 0.493 e. The van der Waals surface area contributed by atoms with Crippen LogP contribution in [0.3, 0.4) is 0 Å². The lowest BCUT2D eigenvalue weighted by atomic mass is 10.1. The molecule has 0 saturated carbocycles. The van der Waals surface area contributed by atoms with Crippen molar-refractivity contribution < 1.29 is 9.47 Å². The molecular weight excluding hydrogens is 500 g/mol. The standard InChI is InChI=1S/C32H40N6O2/c1-35(2)17-7-19-39-25-14-16-29-28(21-25)34-32(37(29)5)24-11-9-23(10-12-24)31-33-27-15-13-26(22-30(27)38(31)6)40-20-8-18-36(3)4/h9-16,21-22H,7-8,17-20H2,1-6H3. The molecule has 5 rings (SSSR count). The first-order valence-corrected chi connectivity index (χ1v) is 13.9. The van der Waals surface area contributed by atoms with E-state index in [2.05, 4.69) is 97.6 Å². The molecule has 0 unspecified atom stereocenters. The van der Waals surface area contributed by atoms with Gasteiger partial charge in [-0.3, -0.25) is 0 Å². The molecule has 8 nitrogen and oxygen atoms in total. The molecule has 0 atom stereocenters. The topological polar surface area (TPSA) is 60.6 Å². The van der Waals surface area contributed by atoms with Crippen LogP contribution in [0, 0.1) is 0 Å². The predicted molar refractivity (Wildman–Crippen MR) is 163 cm³/mol. The average Bonchev–Trinajstić information content (AvgIpc) is 3.45. The molecule has 0 saturated heterocycles. The first-order valence-electron chi connectivity index (χ1n) is 13.9. The minimum atomic E-state index is 0.693. The Balaban J connectivity index is 1.32. The molecule has 0 spiro atoms. The summed E-state index contributed by atoms with van der Waals surface area (Å²) in [5.74, 6) is 3.58. The van der Waals surface area contributed by atoms with Gasteiger partial charge in [0, 0.05) is 50.4 Å². The van der Waals surface area contributed by atoms with Crippen LogP contribution in [0.4, 0.5) is 0 Å². The van der Waals surface area contributed by atoms with E-state index in [0.29, 0.717) is 13.2 Å². The minimum Gasteiger partial charge on any atom is -0.493 e. The fourth-order valence-corrected chi connectivity index (χ4v) is 4.96. The van der Waals surface area contributed by atoms with E-state index in [4.69, 9.17) is 19.4 Å². The summed E-state index contributed by atoms with van der Waals surface area (Å²) in [6.07, 6.45) is 1.98. The Hall–Kier alpha value is -3.88. The second kappa shape index (κ2) is 12.1. The van der Waals surface area contributed by atoms with Crippen LogP contribution in [0.25, 0.3) is 44.8 Å². The quantitative estimate of drug-likeness (QED) is 0.196. The number of fused-ring (bicyclic) bond motifs is 2. The van der Waals surface area contributed by atoms with Crippen molar-refractivity contribution in [2.45, 2.75) is 12.8 Å². The summed E-state index contributed by atoms with van der Waals surface area (Å²) >= 11 is 0. The molecule has 0 aliphatic rings. The number of aromatic nitrogens is 4. The second-order valence-electron chi connectivity index (χ2n) is 10.9. The normalized spacial score (nSPS) is 11.8. The number of aryl methyl sites for hydroxylation is 2. The third-order valence-corrected chi connectivity index (χ3v) is 7.14. The molecule has 0 N–H and O–H groups in total. The van der Waals surface area contributed by atoms with Crippen molar-refractivity contribution in [1.29, 1.82) is 0 Å². The van der Waals surface area contributed by atoms with Gasteiger partial charge in [-0.15, -0.1) is 0 Å². The third-order valence-electron chi connectivity index (χ3n) is 7.14. The molecule has 5 aromatic rings. The SMILES string of the molecule is CN(C)CCCOc1ccc2c(c1)nc(-c1ccc(-c3nc4ccc(OCCCN(C)C)cc4n3C)cc1)n2C. The van der Waals surface area contributed by atoms with Gasteiger partial charge in [0.05, 0.1) is 35.3 Å². The summed E-state index contributed by atoms with van der Waals surface area (Å²) in [5, 5.41) is 0. The molecule has 3 aromatic carbocycles. The van der Waals surface area contributed by atoms with Gasteiger partial charge in [-0.2, -0.15) is 0 Å². The van der Waals surface area contributed by atoms with Gasteiger partial charge < -0.3 is 28.4 Å². The maximum Gasteiger partial charge on any atom is 0.140 e. The van der Waals surface area contributed by atoms with Crippen molar-refractivity contribution in [1.82, 2.24) is 28.9 Å². The highest BCUT2D eigenvalue weighted by Gasteiger charge is 2.14. The Morgan fingerprint density at radius 1 is 0.600 bits per heavy atom. The second-order valence-corrected chi connectivity index (χ2v) is 10.9. The average molecular weight is 541 g/mol. The van der Waals surface area contributed by atoms with Gasteiger partial charge in [0.25, 0.3) is 0 Å². The molecule has 210 valence electrons. The Morgan fingerprint density at radius 3 is 1.68 bits per heavy atom. The predicted octanol–water partition coefficient (Wildman–Crippen LogP) is 5.46. The van der Waals surface area contributed by atoms with Crippen LogP contribution in [-0.4, -0.2) is 83.4 Å². The van der Waals surface area contributed by atoms with Gasteiger partial charge in [0.1, 0.15) is 23.1 Å². The maximum atomic E-state index is 5.99. The van der Waals surface area contributed by atoms with Crippen LogP contribution < -0.4 is 9.47 Å². The van der Waals surface area contributed by atoms with Gasteiger partial charge in [0.2, 0.25) is 0 Å². The highest BCUT2D eigenvalue weighted by molar-refractivity contribution is 5.84. The molecule has 2 heterocycles. The van der Waals surface area contributed by atoms with Crippen molar-refractivity contribution in [2.24, 2.45) is 14.1 Å². The molecule has 0 fully saturated rings. The van der Waals surface area contributed by atoms with Gasteiger partial charge >= 0.3 is 0 Å². The summed E-state index contributed by atoms with van der Waals surface area (Å²) in [5.41, 5.74) is 6.14. The van der Waals surface area contributed by atoms with Crippen LogP contribution in [0.2, 0.25) is 0 Å². The number of benzene rings is 3. The molecular formula is C32H40N6O2. The summed E-state index contributed by atoms with van der Waals surface area (Å²) in [6, 6.07) is 20.7. The van der Waals surface area contributed by atoms with Crippen LogP contribution in [0.15, 0.2) is 60.7 Å². The molecule has 0 aliphatic heterocycles. The van der Waals surface area contributed by atoms with E-state index in [1.54, 1.807) is 0 Å². The zero-order valence-corrected chi connectivity index (χ0v) is 24.5. The lowest BCUT2D eigenvalue weighted by molar-refractivity contribution is 0.282. The van der Waals surface area contributed by atoms with Crippen molar-refractivity contribution in [3.8, 4) is 34.3 Å². The zero-order chi connectivity index (χ0) is 28.2. The van der Waals surface area contributed by atoms with Gasteiger partial charge in [-0.1, -0.05) is 24.3 Å². The van der Waals surface area contributed by atoms with Gasteiger partial charge in [0.15, 0.2) is 0 Å². The van der Waals surface area contributed by atoms with E-state index in [-0.39, 0.29) is 0 Å². The van der Waals surface area contributed by atoms with E-state index in [0.717, 1.165) is 82.3 Å². The maximum absolute atomic E-state index is 5.99. The van der Waals surface area contributed by atoms with E-state index < -0.39 is 0 Å². The number of hydrogen-bond donors (Lipinski definition) is 0. The Bertz CT molecular complexity index is 1560. The molecule has 0 aliphatic carbocycles. The van der Waals surface area contributed by atoms with Crippen molar-refractivity contribution in [2.75, 3.05) is 54.5 Å². The molecule has 0 radical (unpaired) electrons. The van der Waals surface area contributed by atoms with Crippen molar-refractivity contribution in [3.63, 3.8) is 0 Å². The lowest BCUT2D eigenvalue weighted by Gasteiger charge is -2.10. The molecule has 2 aromatic heterocycles. The van der Waals surface area contributed by atoms with Crippen LogP contribution in [0.1, 0.15) is 12.8 Å². The fourth-order valence-electron chi connectivity index (χ4n) is 4.96. The van der Waals surface area contributed by atoms with Crippen LogP contribution in [-0.2, 0) is 14.1 Å². The summed E-state index contributed by atoms with van der Waals surface area (Å²) < 4.78 is 16.2. The first-order chi connectivity index (χ1) is 19.3. The van der Waals surface area contributed by atoms with Gasteiger partial charge in [-0.25, -0.2) is 9.97 Å². The van der Waals surface area contributed by atoms with Crippen molar-refractivity contribution in [3.05, 3.63) is 60.7 Å². The summed E-state index contributed by atoms with van der Waals surface area (Å²) in [4.78, 5) is 14.2. The molecule has 8 heteroatoms. The molecule has 40 heavy (non-hydrogen) atoms. The third kappa shape index (κ3) is 6.13. The number of hydrogen-bond acceptors (Lipinski definition) is 6. The monoisotopic (exact) mass is 540 g/mol. The van der Waals surface area contributed by atoms with E-state index >= 15 is 0 Å². The number of rotatable bonds is 12. The summed E-state index contributed by atoms with van der Waals surface area (Å²) in [6.45, 7) is 3.41. The number of ether oxygens (including phenoxy) is 2. The van der Waals surface area contributed by atoms with Crippen LogP contribution in [0.5, 0.6) is 11.5 Å². The Morgan fingerprint density at radius 2 is 1.10 bits per heavy atom. The lowest BCUT2D eigenvalue weighted by Crippen LogP contribution is -2.15.